The number of aliphatic hydroxyl groups is 1. The maximum atomic E-state index is 13.6. The van der Waals surface area contributed by atoms with Crippen molar-refractivity contribution in [2.45, 2.75) is 76.4 Å². The lowest BCUT2D eigenvalue weighted by molar-refractivity contribution is -0.142. The molecule has 1 aliphatic heterocycles. The number of carbonyl (C=O) groups excluding carboxylic acids is 2. The highest BCUT2D eigenvalue weighted by Gasteiger charge is 2.47. The summed E-state index contributed by atoms with van der Waals surface area (Å²) < 4.78 is 0. The van der Waals surface area contributed by atoms with Crippen molar-refractivity contribution < 1.29 is 14.7 Å². The lowest BCUT2D eigenvalue weighted by Crippen LogP contribution is -2.46. The van der Waals surface area contributed by atoms with Gasteiger partial charge in [-0.05, 0) is 38.0 Å². The first-order valence-corrected chi connectivity index (χ1v) is 12.7. The molecule has 2 heterocycles. The van der Waals surface area contributed by atoms with Crippen molar-refractivity contribution in [3.8, 4) is 12.3 Å². The van der Waals surface area contributed by atoms with Crippen molar-refractivity contribution in [1.29, 1.82) is 0 Å². The second-order valence-corrected chi connectivity index (χ2v) is 10.8. The number of nitrogens with zero attached hydrogens (tertiary/aromatic N) is 4. The molecule has 0 radical (unpaired) electrons. The van der Waals surface area contributed by atoms with Gasteiger partial charge in [-0.25, -0.2) is 4.98 Å². The molecule has 2 amide bonds. The van der Waals surface area contributed by atoms with E-state index in [1.54, 1.807) is 11.1 Å². The van der Waals surface area contributed by atoms with E-state index < -0.39 is 11.7 Å². The van der Waals surface area contributed by atoms with Crippen molar-refractivity contribution >= 4 is 23.2 Å². The Morgan fingerprint density at radius 3 is 2.67 bits per heavy atom. The number of rotatable bonds is 14. The minimum absolute atomic E-state index is 0.0148. The Bertz CT molecular complexity index is 938. The summed E-state index contributed by atoms with van der Waals surface area (Å²) in [5.74, 6) is 2.84. The van der Waals surface area contributed by atoms with Gasteiger partial charge in [-0.15, -0.1) is 23.7 Å². The molecule has 0 saturated heterocycles. The molecule has 1 unspecified atom stereocenters. The molecule has 4 rings (SSSR count). The van der Waals surface area contributed by atoms with Gasteiger partial charge in [-0.1, -0.05) is 6.92 Å². The van der Waals surface area contributed by atoms with Crippen LogP contribution in [0.3, 0.4) is 0 Å². The van der Waals surface area contributed by atoms with Gasteiger partial charge in [0.05, 0.1) is 0 Å². The summed E-state index contributed by atoms with van der Waals surface area (Å²) in [6.45, 7) is 2.99. The van der Waals surface area contributed by atoms with E-state index in [9.17, 15) is 14.7 Å². The number of hydrogen-bond donors (Lipinski definition) is 2. The highest BCUT2D eigenvalue weighted by atomic mass is 32.1. The third-order valence-corrected chi connectivity index (χ3v) is 8.11. The van der Waals surface area contributed by atoms with Gasteiger partial charge in [-0.2, -0.15) is 10.2 Å². The maximum absolute atomic E-state index is 13.6. The van der Waals surface area contributed by atoms with Crippen molar-refractivity contribution in [3.05, 3.63) is 16.1 Å². The molecule has 178 valence electrons. The van der Waals surface area contributed by atoms with Crippen molar-refractivity contribution in [1.82, 2.24) is 15.2 Å². The quantitative estimate of drug-likeness (QED) is 0.406. The molecule has 3 aliphatic rings. The smallest absolute Gasteiger partial charge is 0.249 e. The second kappa shape index (κ2) is 9.90. The van der Waals surface area contributed by atoms with Gasteiger partial charge in [-0.3, -0.25) is 9.59 Å². The maximum Gasteiger partial charge on any atom is 0.249 e. The summed E-state index contributed by atoms with van der Waals surface area (Å²) in [5, 5.41) is 21.9. The molecule has 33 heavy (non-hydrogen) atoms. The highest BCUT2D eigenvalue weighted by molar-refractivity contribution is 7.11. The topological polar surface area (TPSA) is 107 Å². The molecule has 2 fully saturated rings. The molecule has 2 saturated carbocycles. The van der Waals surface area contributed by atoms with Crippen LogP contribution >= 0.6 is 11.3 Å². The predicted octanol–water partition coefficient (Wildman–Crippen LogP) is 3.23. The van der Waals surface area contributed by atoms with Crippen LogP contribution in [0.4, 0.5) is 0 Å². The lowest BCUT2D eigenvalue weighted by atomic mass is 10.00. The van der Waals surface area contributed by atoms with Crippen LogP contribution in [0.25, 0.3) is 0 Å². The van der Waals surface area contributed by atoms with E-state index in [0.29, 0.717) is 43.3 Å². The molecule has 0 spiro atoms. The van der Waals surface area contributed by atoms with Gasteiger partial charge in [0, 0.05) is 61.9 Å². The van der Waals surface area contributed by atoms with Gasteiger partial charge >= 0.3 is 0 Å². The van der Waals surface area contributed by atoms with E-state index in [1.165, 1.54) is 11.3 Å². The average molecular weight is 472 g/mol. The van der Waals surface area contributed by atoms with Crippen LogP contribution in [0, 0.1) is 23.7 Å². The Hall–Kier alpha value is -2.31. The van der Waals surface area contributed by atoms with E-state index in [4.69, 9.17) is 6.42 Å². The van der Waals surface area contributed by atoms with E-state index in [-0.39, 0.29) is 30.3 Å². The van der Waals surface area contributed by atoms with Crippen molar-refractivity contribution in [3.63, 3.8) is 0 Å². The first kappa shape index (κ1) is 23.8. The fourth-order valence-corrected chi connectivity index (χ4v) is 4.99. The van der Waals surface area contributed by atoms with Crippen LogP contribution in [0.1, 0.15) is 74.2 Å². The molecular weight excluding hydrogens is 438 g/mol. The molecule has 8 nitrogen and oxygen atoms in total. The predicted molar refractivity (Wildman–Crippen MR) is 125 cm³/mol. The van der Waals surface area contributed by atoms with Crippen molar-refractivity contribution in [2.75, 3.05) is 19.7 Å². The lowest BCUT2D eigenvalue weighted by Gasteiger charge is -2.31. The van der Waals surface area contributed by atoms with E-state index in [0.717, 1.165) is 37.0 Å². The normalized spacial score (nSPS) is 20.0. The summed E-state index contributed by atoms with van der Waals surface area (Å²) in [6.07, 6.45) is 13.9. The molecule has 0 aromatic carbocycles. The number of carbonyl (C=O) groups is 2. The summed E-state index contributed by atoms with van der Waals surface area (Å²) in [7, 11) is 0. The average Bonchev–Trinajstić information content (AvgIpc) is 3.73. The second-order valence-electron chi connectivity index (χ2n) is 9.67. The summed E-state index contributed by atoms with van der Waals surface area (Å²) in [5.41, 5.74) is -0.900. The minimum Gasteiger partial charge on any atom is -0.396 e. The Morgan fingerprint density at radius 2 is 2.12 bits per heavy atom. The Labute approximate surface area is 199 Å². The number of nitrogens with one attached hydrogen (secondary N) is 1. The van der Waals surface area contributed by atoms with Crippen LogP contribution in [0.15, 0.2) is 16.4 Å². The Balaban J connectivity index is 1.56. The fraction of sp³-hybridized carbons (Fsp3) is 0.708. The number of terminal acetylenes is 1. The van der Waals surface area contributed by atoms with E-state index >= 15 is 0 Å². The van der Waals surface area contributed by atoms with Gasteiger partial charge in [0.2, 0.25) is 11.8 Å². The van der Waals surface area contributed by atoms with Crippen LogP contribution in [-0.2, 0) is 16.0 Å². The first-order valence-electron chi connectivity index (χ1n) is 11.9. The minimum atomic E-state index is -0.792. The zero-order chi connectivity index (χ0) is 23.5. The molecule has 2 N–H and O–H groups in total. The zero-order valence-corrected chi connectivity index (χ0v) is 20.1. The molecule has 2 aliphatic carbocycles. The number of aryl methyl sites for hydroxylation is 1. The van der Waals surface area contributed by atoms with Gasteiger partial charge in [0.15, 0.2) is 11.7 Å². The monoisotopic (exact) mass is 471 g/mol. The summed E-state index contributed by atoms with van der Waals surface area (Å²) in [6, 6.07) is -0.792. The molecular formula is C24H33N5O3S. The zero-order valence-electron chi connectivity index (χ0n) is 19.3. The van der Waals surface area contributed by atoms with Gasteiger partial charge in [0.1, 0.15) is 5.01 Å². The number of aliphatic hydroxyl groups excluding tert-OH is 1. The molecule has 1 atom stereocenters. The largest absolute Gasteiger partial charge is 0.396 e. The number of hydrogen-bond acceptors (Lipinski definition) is 7. The molecule has 9 heteroatoms. The third-order valence-electron chi connectivity index (χ3n) is 6.92. The molecule has 0 bridgehead atoms. The van der Waals surface area contributed by atoms with Gasteiger partial charge < -0.3 is 15.3 Å². The standard InChI is InChI=1S/C24H33N5O3S/c1-3-5-8-24(27-28-24)11-12-29(19(31)13-23(16-30)9-10-23)20(21(32)25-14-17-6-7-17)22-26-15-18(4-2)33-22/h1,15,17,20,30H,4-14,16H2,2H3,(H,25,32). The SMILES string of the molecule is C#CCCC1(CCN(C(=O)CC2(CO)CC2)C(C(=O)NCC2CC2)c2ncc(CC)s2)N=N1. The van der Waals surface area contributed by atoms with Crippen molar-refractivity contribution in [2.24, 2.45) is 21.6 Å². The van der Waals surface area contributed by atoms with Crippen LogP contribution in [0.2, 0.25) is 0 Å². The summed E-state index contributed by atoms with van der Waals surface area (Å²) in [4.78, 5) is 34.3. The Kier molecular flexibility index (Phi) is 7.15. The Morgan fingerprint density at radius 1 is 1.36 bits per heavy atom. The van der Waals surface area contributed by atoms with Crippen LogP contribution < -0.4 is 5.32 Å². The van der Waals surface area contributed by atoms with Crippen LogP contribution in [-0.4, -0.2) is 52.2 Å². The number of thiazole rings is 1. The summed E-state index contributed by atoms with van der Waals surface area (Å²) >= 11 is 1.48. The number of amides is 2. The van der Waals surface area contributed by atoms with Crippen LogP contribution in [0.5, 0.6) is 0 Å². The van der Waals surface area contributed by atoms with E-state index in [2.05, 4.69) is 26.4 Å². The third kappa shape index (κ3) is 5.98. The fourth-order valence-electron chi connectivity index (χ4n) is 4.02. The number of aromatic nitrogens is 1. The molecule has 1 aromatic rings. The highest BCUT2D eigenvalue weighted by Crippen LogP contribution is 2.49. The first-order chi connectivity index (χ1) is 15.9. The van der Waals surface area contributed by atoms with Gasteiger partial charge in [0.25, 0.3) is 0 Å². The molecule has 1 aromatic heterocycles. The van der Waals surface area contributed by atoms with E-state index in [1.807, 2.05) is 6.92 Å².